The van der Waals surface area contributed by atoms with Gasteiger partial charge in [-0.15, -0.1) is 0 Å². The summed E-state index contributed by atoms with van der Waals surface area (Å²) >= 11 is 0. The molecule has 0 radical (unpaired) electrons. The monoisotopic (exact) mass is 266 g/mol. The maximum atomic E-state index is 13.3. The molecular weight excluding hydrogens is 255 g/mol. The second-order valence-electron chi connectivity index (χ2n) is 4.22. The summed E-state index contributed by atoms with van der Waals surface area (Å²) in [4.78, 5) is 12.5. The lowest BCUT2D eigenvalue weighted by Crippen LogP contribution is -2.02. The van der Waals surface area contributed by atoms with Crippen molar-refractivity contribution in [3.63, 3.8) is 0 Å². The molecule has 1 heterocycles. The molecule has 0 saturated carbocycles. The summed E-state index contributed by atoms with van der Waals surface area (Å²) in [6.45, 7) is 0. The highest BCUT2D eigenvalue weighted by molar-refractivity contribution is 5.62. The van der Waals surface area contributed by atoms with Crippen LogP contribution in [0.5, 0.6) is 0 Å². The molecular formula is C15H11FN4. The molecule has 5 heteroatoms. The summed E-state index contributed by atoms with van der Waals surface area (Å²) in [5, 5.41) is 0. The van der Waals surface area contributed by atoms with Crippen molar-refractivity contribution in [2.45, 2.75) is 0 Å². The van der Waals surface area contributed by atoms with E-state index in [0.717, 1.165) is 5.56 Å². The third-order valence-electron chi connectivity index (χ3n) is 2.77. The second-order valence-corrected chi connectivity index (χ2v) is 4.22. The van der Waals surface area contributed by atoms with Gasteiger partial charge >= 0.3 is 0 Å². The van der Waals surface area contributed by atoms with Gasteiger partial charge in [-0.2, -0.15) is 9.97 Å². The Balaban J connectivity index is 2.12. The fourth-order valence-corrected chi connectivity index (χ4v) is 1.87. The molecule has 0 fully saturated rings. The Morgan fingerprint density at radius 2 is 1.40 bits per heavy atom. The predicted octanol–water partition coefficient (Wildman–Crippen LogP) is 2.93. The van der Waals surface area contributed by atoms with Crippen LogP contribution in [0.4, 0.5) is 10.3 Å². The lowest BCUT2D eigenvalue weighted by Gasteiger charge is -2.05. The number of aromatic nitrogens is 3. The van der Waals surface area contributed by atoms with E-state index in [9.17, 15) is 4.39 Å². The van der Waals surface area contributed by atoms with E-state index in [-0.39, 0.29) is 11.8 Å². The van der Waals surface area contributed by atoms with E-state index >= 15 is 0 Å². The van der Waals surface area contributed by atoms with Gasteiger partial charge in [0.15, 0.2) is 11.6 Å². The number of benzene rings is 2. The minimum absolute atomic E-state index is 0.109. The summed E-state index contributed by atoms with van der Waals surface area (Å²) in [7, 11) is 0. The van der Waals surface area contributed by atoms with Crippen molar-refractivity contribution in [1.29, 1.82) is 0 Å². The van der Waals surface area contributed by atoms with Gasteiger partial charge in [-0.3, -0.25) is 0 Å². The van der Waals surface area contributed by atoms with E-state index in [0.29, 0.717) is 17.2 Å². The van der Waals surface area contributed by atoms with Crippen LogP contribution in [0.15, 0.2) is 54.6 Å². The number of anilines is 1. The van der Waals surface area contributed by atoms with Gasteiger partial charge in [0.1, 0.15) is 5.82 Å². The van der Waals surface area contributed by atoms with Crippen molar-refractivity contribution in [3.05, 3.63) is 60.4 Å². The number of rotatable bonds is 2. The molecule has 0 bridgehead atoms. The Labute approximate surface area is 115 Å². The van der Waals surface area contributed by atoms with E-state index in [1.54, 1.807) is 12.1 Å². The number of hydrogen-bond donors (Lipinski definition) is 1. The maximum Gasteiger partial charge on any atom is 0.224 e. The van der Waals surface area contributed by atoms with Crippen molar-refractivity contribution >= 4 is 5.95 Å². The first kappa shape index (κ1) is 12.2. The van der Waals surface area contributed by atoms with Gasteiger partial charge in [0.05, 0.1) is 0 Å². The van der Waals surface area contributed by atoms with Crippen LogP contribution in [-0.2, 0) is 0 Å². The fourth-order valence-electron chi connectivity index (χ4n) is 1.87. The van der Waals surface area contributed by atoms with Crippen LogP contribution < -0.4 is 5.73 Å². The number of nitrogen functional groups attached to an aromatic ring is 1. The molecule has 3 rings (SSSR count). The molecule has 1 aromatic heterocycles. The van der Waals surface area contributed by atoms with E-state index in [4.69, 9.17) is 5.73 Å². The molecule has 20 heavy (non-hydrogen) atoms. The Bertz CT molecular complexity index is 744. The first-order chi connectivity index (χ1) is 9.72. The molecule has 0 atom stereocenters. The molecule has 0 spiro atoms. The molecule has 98 valence electrons. The largest absolute Gasteiger partial charge is 0.368 e. The zero-order valence-corrected chi connectivity index (χ0v) is 10.5. The molecule has 0 aliphatic carbocycles. The van der Waals surface area contributed by atoms with Crippen molar-refractivity contribution in [3.8, 4) is 22.8 Å². The lowest BCUT2D eigenvalue weighted by atomic mass is 10.2. The molecule has 0 aliphatic heterocycles. The zero-order valence-electron chi connectivity index (χ0n) is 10.5. The molecule has 0 unspecified atom stereocenters. The van der Waals surface area contributed by atoms with Gasteiger partial charge in [0.2, 0.25) is 5.95 Å². The average Bonchev–Trinajstić information content (AvgIpc) is 2.47. The molecule has 2 aromatic carbocycles. The highest BCUT2D eigenvalue weighted by Crippen LogP contribution is 2.21. The summed E-state index contributed by atoms with van der Waals surface area (Å²) < 4.78 is 13.3. The maximum absolute atomic E-state index is 13.3. The van der Waals surface area contributed by atoms with Crippen LogP contribution in [-0.4, -0.2) is 15.0 Å². The minimum atomic E-state index is -0.345. The van der Waals surface area contributed by atoms with Crippen LogP contribution in [0, 0.1) is 5.82 Å². The average molecular weight is 266 g/mol. The van der Waals surface area contributed by atoms with Gasteiger partial charge in [-0.05, 0) is 12.1 Å². The molecule has 0 aliphatic rings. The SMILES string of the molecule is Nc1nc(-c2ccccc2)nc(-c2cccc(F)c2)n1. The van der Waals surface area contributed by atoms with Crippen LogP contribution in [0.1, 0.15) is 0 Å². The standard InChI is InChI=1S/C15H11FN4/c16-12-8-4-7-11(9-12)14-18-13(19-15(17)20-14)10-5-2-1-3-6-10/h1-9H,(H2,17,18,19,20). The predicted molar refractivity (Wildman–Crippen MR) is 75.1 cm³/mol. The third-order valence-corrected chi connectivity index (χ3v) is 2.77. The Morgan fingerprint density at radius 1 is 0.750 bits per heavy atom. The normalized spacial score (nSPS) is 10.4. The van der Waals surface area contributed by atoms with Crippen molar-refractivity contribution < 1.29 is 4.39 Å². The van der Waals surface area contributed by atoms with Crippen molar-refractivity contribution in [2.75, 3.05) is 5.73 Å². The Hall–Kier alpha value is -2.82. The number of nitrogens with two attached hydrogens (primary N) is 1. The van der Waals surface area contributed by atoms with Gasteiger partial charge in [-0.25, -0.2) is 9.37 Å². The third kappa shape index (κ3) is 2.47. The molecule has 0 amide bonds. The summed E-state index contributed by atoms with van der Waals surface area (Å²) in [5.74, 6) is 0.592. The van der Waals surface area contributed by atoms with Gasteiger partial charge < -0.3 is 5.73 Å². The molecule has 0 saturated heterocycles. The van der Waals surface area contributed by atoms with Crippen LogP contribution >= 0.6 is 0 Å². The fraction of sp³-hybridized carbons (Fsp3) is 0. The smallest absolute Gasteiger partial charge is 0.224 e. The van der Waals surface area contributed by atoms with Crippen LogP contribution in [0.3, 0.4) is 0 Å². The Kier molecular flexibility index (Phi) is 3.09. The molecule has 2 N–H and O–H groups in total. The summed E-state index contributed by atoms with van der Waals surface area (Å²) in [6, 6.07) is 15.5. The van der Waals surface area contributed by atoms with Crippen LogP contribution in [0.25, 0.3) is 22.8 Å². The van der Waals surface area contributed by atoms with Gasteiger partial charge in [-0.1, -0.05) is 42.5 Å². The zero-order chi connectivity index (χ0) is 13.9. The number of hydrogen-bond acceptors (Lipinski definition) is 4. The summed E-state index contributed by atoms with van der Waals surface area (Å²) in [5.41, 5.74) is 7.11. The number of nitrogens with zero attached hydrogens (tertiary/aromatic N) is 3. The minimum Gasteiger partial charge on any atom is -0.368 e. The number of halogens is 1. The Morgan fingerprint density at radius 3 is 2.10 bits per heavy atom. The van der Waals surface area contributed by atoms with Crippen molar-refractivity contribution in [2.24, 2.45) is 0 Å². The first-order valence-electron chi connectivity index (χ1n) is 6.05. The molecule has 3 aromatic rings. The molecule has 4 nitrogen and oxygen atoms in total. The van der Waals surface area contributed by atoms with Gasteiger partial charge in [0.25, 0.3) is 0 Å². The second kappa shape index (κ2) is 5.05. The summed E-state index contributed by atoms with van der Waals surface area (Å²) in [6.07, 6.45) is 0. The van der Waals surface area contributed by atoms with E-state index in [2.05, 4.69) is 15.0 Å². The lowest BCUT2D eigenvalue weighted by molar-refractivity contribution is 0.628. The highest BCUT2D eigenvalue weighted by Gasteiger charge is 2.09. The topological polar surface area (TPSA) is 64.7 Å². The van der Waals surface area contributed by atoms with E-state index in [1.165, 1.54) is 12.1 Å². The van der Waals surface area contributed by atoms with E-state index < -0.39 is 0 Å². The van der Waals surface area contributed by atoms with Crippen LogP contribution in [0.2, 0.25) is 0 Å². The quantitative estimate of drug-likeness (QED) is 0.774. The van der Waals surface area contributed by atoms with E-state index in [1.807, 2.05) is 30.3 Å². The van der Waals surface area contributed by atoms with Gasteiger partial charge in [0, 0.05) is 11.1 Å². The highest BCUT2D eigenvalue weighted by atomic mass is 19.1. The first-order valence-corrected chi connectivity index (χ1v) is 6.05. The van der Waals surface area contributed by atoms with Crippen molar-refractivity contribution in [1.82, 2.24) is 15.0 Å².